The standard InChI is InChI=1S/C22H24N4O2/c1-26-6-4-16(5-7-26)22(28)25-21-10-19-9-17(2-3-18(19)13-24-21)20-8-15(14-27)11-23-12-20/h2-3,8-13,16,27H,4-7,14H2,1H3,(H,24,25,28). The third-order valence-corrected chi connectivity index (χ3v) is 5.37. The number of hydrogen-bond acceptors (Lipinski definition) is 5. The summed E-state index contributed by atoms with van der Waals surface area (Å²) in [5.41, 5.74) is 2.73. The molecule has 1 aromatic carbocycles. The van der Waals surface area contributed by atoms with Crippen LogP contribution in [0.3, 0.4) is 0 Å². The molecule has 4 rings (SSSR count). The summed E-state index contributed by atoms with van der Waals surface area (Å²) in [5.74, 6) is 0.680. The fourth-order valence-corrected chi connectivity index (χ4v) is 3.62. The highest BCUT2D eigenvalue weighted by molar-refractivity contribution is 5.95. The number of anilines is 1. The summed E-state index contributed by atoms with van der Waals surface area (Å²) < 4.78 is 0. The number of amides is 1. The molecular weight excluding hydrogens is 352 g/mol. The first-order valence-corrected chi connectivity index (χ1v) is 9.57. The molecule has 2 N–H and O–H groups in total. The van der Waals surface area contributed by atoms with Gasteiger partial charge in [-0.15, -0.1) is 0 Å². The smallest absolute Gasteiger partial charge is 0.228 e. The predicted octanol–water partition coefficient (Wildman–Crippen LogP) is 3.07. The number of benzene rings is 1. The van der Waals surface area contributed by atoms with Crippen LogP contribution in [-0.2, 0) is 11.4 Å². The van der Waals surface area contributed by atoms with E-state index in [4.69, 9.17) is 0 Å². The molecule has 1 amide bonds. The Hall–Kier alpha value is -2.83. The van der Waals surface area contributed by atoms with Gasteiger partial charge >= 0.3 is 0 Å². The number of nitrogens with zero attached hydrogens (tertiary/aromatic N) is 3. The number of aliphatic hydroxyl groups excluding tert-OH is 1. The molecule has 1 aliphatic rings. The Labute approximate surface area is 164 Å². The van der Waals surface area contributed by atoms with E-state index in [9.17, 15) is 9.90 Å². The molecule has 3 aromatic rings. The minimum absolute atomic E-state index is 0.0362. The summed E-state index contributed by atoms with van der Waals surface area (Å²) in [4.78, 5) is 23.4. The van der Waals surface area contributed by atoms with E-state index < -0.39 is 0 Å². The summed E-state index contributed by atoms with van der Waals surface area (Å²) in [6.45, 7) is 1.87. The average Bonchev–Trinajstić information content (AvgIpc) is 2.73. The summed E-state index contributed by atoms with van der Waals surface area (Å²) in [6, 6.07) is 9.92. The van der Waals surface area contributed by atoms with Crippen molar-refractivity contribution in [3.05, 3.63) is 54.5 Å². The number of carbonyl (C=O) groups excluding carboxylic acids is 1. The number of rotatable bonds is 4. The van der Waals surface area contributed by atoms with Crippen molar-refractivity contribution in [1.29, 1.82) is 0 Å². The van der Waals surface area contributed by atoms with Gasteiger partial charge in [-0.25, -0.2) is 4.98 Å². The topological polar surface area (TPSA) is 78.4 Å². The Morgan fingerprint density at radius 3 is 2.71 bits per heavy atom. The van der Waals surface area contributed by atoms with Gasteiger partial charge in [0, 0.05) is 35.5 Å². The summed E-state index contributed by atoms with van der Waals surface area (Å²) in [5, 5.41) is 14.3. The van der Waals surface area contributed by atoms with Crippen LogP contribution in [-0.4, -0.2) is 46.0 Å². The van der Waals surface area contributed by atoms with Gasteiger partial charge in [0.25, 0.3) is 0 Å². The zero-order chi connectivity index (χ0) is 19.5. The maximum absolute atomic E-state index is 12.6. The average molecular weight is 376 g/mol. The Bertz CT molecular complexity index is 997. The van der Waals surface area contributed by atoms with Gasteiger partial charge in [0.2, 0.25) is 5.91 Å². The van der Waals surface area contributed by atoms with Crippen LogP contribution in [0.2, 0.25) is 0 Å². The van der Waals surface area contributed by atoms with Gasteiger partial charge in [-0.05, 0) is 67.7 Å². The molecule has 0 aliphatic carbocycles. The number of piperidine rings is 1. The van der Waals surface area contributed by atoms with Crippen LogP contribution in [0.5, 0.6) is 0 Å². The second-order valence-corrected chi connectivity index (χ2v) is 7.44. The van der Waals surface area contributed by atoms with Crippen LogP contribution in [0.25, 0.3) is 21.9 Å². The number of hydrogen-bond donors (Lipinski definition) is 2. The minimum atomic E-state index is -0.0362. The number of aromatic nitrogens is 2. The second-order valence-electron chi connectivity index (χ2n) is 7.44. The summed E-state index contributed by atoms with van der Waals surface area (Å²) in [6.07, 6.45) is 6.99. The Kier molecular flexibility index (Phi) is 5.32. The molecule has 28 heavy (non-hydrogen) atoms. The molecule has 0 atom stereocenters. The van der Waals surface area contributed by atoms with E-state index >= 15 is 0 Å². The number of pyridine rings is 2. The fraction of sp³-hybridized carbons (Fsp3) is 0.318. The molecule has 0 spiro atoms. The van der Waals surface area contributed by atoms with Gasteiger partial charge in [0.1, 0.15) is 5.82 Å². The molecule has 3 heterocycles. The van der Waals surface area contributed by atoms with Crippen molar-refractivity contribution >= 4 is 22.5 Å². The lowest BCUT2D eigenvalue weighted by Crippen LogP contribution is -2.36. The van der Waals surface area contributed by atoms with E-state index in [-0.39, 0.29) is 18.4 Å². The molecule has 144 valence electrons. The number of nitrogens with one attached hydrogen (secondary N) is 1. The van der Waals surface area contributed by atoms with Crippen LogP contribution in [0.15, 0.2) is 48.9 Å². The van der Waals surface area contributed by atoms with E-state index in [0.29, 0.717) is 5.82 Å². The lowest BCUT2D eigenvalue weighted by atomic mass is 9.96. The van der Waals surface area contributed by atoms with Gasteiger partial charge in [0.15, 0.2) is 0 Å². The first-order chi connectivity index (χ1) is 13.6. The maximum atomic E-state index is 12.6. The highest BCUT2D eigenvalue weighted by Crippen LogP contribution is 2.26. The predicted molar refractivity (Wildman–Crippen MR) is 110 cm³/mol. The first kappa shape index (κ1) is 18.5. The van der Waals surface area contributed by atoms with E-state index in [0.717, 1.165) is 53.4 Å². The highest BCUT2D eigenvalue weighted by Gasteiger charge is 2.23. The lowest BCUT2D eigenvalue weighted by molar-refractivity contribution is -0.121. The van der Waals surface area contributed by atoms with Crippen LogP contribution >= 0.6 is 0 Å². The summed E-state index contributed by atoms with van der Waals surface area (Å²) in [7, 11) is 2.09. The maximum Gasteiger partial charge on any atom is 0.228 e. The second kappa shape index (κ2) is 8.04. The zero-order valence-electron chi connectivity index (χ0n) is 15.9. The van der Waals surface area contributed by atoms with E-state index in [1.165, 1.54) is 0 Å². The largest absolute Gasteiger partial charge is 0.392 e. The number of aliphatic hydroxyl groups is 1. The van der Waals surface area contributed by atoms with Gasteiger partial charge in [0.05, 0.1) is 6.61 Å². The van der Waals surface area contributed by atoms with Gasteiger partial charge in [-0.1, -0.05) is 12.1 Å². The monoisotopic (exact) mass is 376 g/mol. The molecule has 0 saturated carbocycles. The van der Waals surface area contributed by atoms with Gasteiger partial charge in [-0.3, -0.25) is 9.78 Å². The normalized spacial score (nSPS) is 15.6. The number of carbonyl (C=O) groups is 1. The third kappa shape index (κ3) is 4.03. The number of likely N-dealkylation sites (tertiary alicyclic amines) is 1. The molecule has 1 saturated heterocycles. The molecule has 6 heteroatoms. The van der Waals surface area contributed by atoms with E-state index in [1.54, 1.807) is 18.6 Å². The molecule has 0 radical (unpaired) electrons. The van der Waals surface area contributed by atoms with Crippen molar-refractivity contribution in [2.75, 3.05) is 25.5 Å². The molecule has 0 bridgehead atoms. The van der Waals surface area contributed by atoms with Crippen molar-refractivity contribution < 1.29 is 9.90 Å². The van der Waals surface area contributed by atoms with Gasteiger partial charge < -0.3 is 15.3 Å². The van der Waals surface area contributed by atoms with E-state index in [2.05, 4.69) is 33.3 Å². The molecule has 6 nitrogen and oxygen atoms in total. The molecule has 0 unspecified atom stereocenters. The van der Waals surface area contributed by atoms with Crippen LogP contribution in [0.1, 0.15) is 18.4 Å². The van der Waals surface area contributed by atoms with Crippen molar-refractivity contribution in [2.45, 2.75) is 19.4 Å². The van der Waals surface area contributed by atoms with Crippen LogP contribution in [0.4, 0.5) is 5.82 Å². The van der Waals surface area contributed by atoms with Crippen LogP contribution < -0.4 is 5.32 Å². The zero-order valence-corrected chi connectivity index (χ0v) is 15.9. The van der Waals surface area contributed by atoms with Crippen molar-refractivity contribution in [1.82, 2.24) is 14.9 Å². The Morgan fingerprint density at radius 2 is 1.93 bits per heavy atom. The Balaban J connectivity index is 1.56. The lowest BCUT2D eigenvalue weighted by Gasteiger charge is -2.27. The third-order valence-electron chi connectivity index (χ3n) is 5.37. The van der Waals surface area contributed by atoms with E-state index in [1.807, 2.05) is 24.3 Å². The summed E-state index contributed by atoms with van der Waals surface area (Å²) >= 11 is 0. The molecule has 1 fully saturated rings. The van der Waals surface area contributed by atoms with Crippen molar-refractivity contribution in [3.8, 4) is 11.1 Å². The minimum Gasteiger partial charge on any atom is -0.392 e. The Morgan fingerprint density at radius 1 is 1.11 bits per heavy atom. The van der Waals surface area contributed by atoms with Crippen molar-refractivity contribution in [2.24, 2.45) is 5.92 Å². The molecular formula is C22H24N4O2. The van der Waals surface area contributed by atoms with Crippen molar-refractivity contribution in [3.63, 3.8) is 0 Å². The molecule has 1 aliphatic heterocycles. The highest BCUT2D eigenvalue weighted by atomic mass is 16.3. The fourth-order valence-electron chi connectivity index (χ4n) is 3.62. The van der Waals surface area contributed by atoms with Crippen LogP contribution in [0, 0.1) is 5.92 Å². The first-order valence-electron chi connectivity index (χ1n) is 9.57. The SMILES string of the molecule is CN1CCC(C(=O)Nc2cc3cc(-c4cncc(CO)c4)ccc3cn2)CC1. The van der Waals surface area contributed by atoms with Gasteiger partial charge in [-0.2, -0.15) is 0 Å². The number of fused-ring (bicyclic) bond motifs is 1. The molecule has 2 aromatic heterocycles. The quantitative estimate of drug-likeness (QED) is 0.732.